The van der Waals surface area contributed by atoms with Crippen LogP contribution in [0.25, 0.3) is 0 Å². The maximum Gasteiger partial charge on any atom is 0.298 e. The van der Waals surface area contributed by atoms with E-state index >= 15 is 0 Å². The summed E-state index contributed by atoms with van der Waals surface area (Å²) in [6.07, 6.45) is 2.99. The van der Waals surface area contributed by atoms with E-state index < -0.39 is 5.66 Å². The first-order chi connectivity index (χ1) is 14.1. The molecule has 8 heteroatoms. The van der Waals surface area contributed by atoms with Gasteiger partial charge >= 0.3 is 0 Å². The summed E-state index contributed by atoms with van der Waals surface area (Å²) in [7, 11) is 1.58. The molecular weight excluding hydrogens is 372 g/mol. The number of azo groups is 1. The van der Waals surface area contributed by atoms with Crippen molar-refractivity contribution in [3.8, 4) is 5.75 Å². The molecule has 2 N–H and O–H groups in total. The number of nitrogens with zero attached hydrogens (tertiary/aromatic N) is 3. The molecule has 1 aliphatic carbocycles. The number of aliphatic hydroxyl groups is 1. The zero-order chi connectivity index (χ0) is 20.7. The van der Waals surface area contributed by atoms with Crippen molar-refractivity contribution in [2.24, 2.45) is 10.2 Å². The van der Waals surface area contributed by atoms with Crippen LogP contribution in [0.3, 0.4) is 0 Å². The number of rotatable bonds is 8. The average molecular weight is 394 g/mol. The van der Waals surface area contributed by atoms with Gasteiger partial charge in [0.1, 0.15) is 5.75 Å². The number of ether oxygens (including phenoxy) is 1. The maximum absolute atomic E-state index is 11.9. The molecule has 0 fully saturated rings. The highest BCUT2D eigenvalue weighted by atomic mass is 16.6. The average Bonchev–Trinajstić information content (AvgIpc) is 2.77. The minimum atomic E-state index is -1.52. The molecule has 0 aromatic heterocycles. The molecule has 1 unspecified atom stereocenters. The number of benzene rings is 2. The van der Waals surface area contributed by atoms with Crippen molar-refractivity contribution in [3.05, 3.63) is 93.7 Å². The van der Waals surface area contributed by atoms with Crippen molar-refractivity contribution in [2.75, 3.05) is 13.7 Å². The lowest BCUT2D eigenvalue weighted by Gasteiger charge is -2.27. The summed E-state index contributed by atoms with van der Waals surface area (Å²) in [4.78, 5) is 11.5. The van der Waals surface area contributed by atoms with Gasteiger partial charge in [0.15, 0.2) is 0 Å². The third-order valence-corrected chi connectivity index (χ3v) is 4.67. The quantitative estimate of drug-likeness (QED) is 0.307. The first kappa shape index (κ1) is 20.4. The predicted molar refractivity (Wildman–Crippen MR) is 108 cm³/mol. The smallest absolute Gasteiger partial charge is 0.298 e. The number of hydrogen-bond donors (Lipinski definition) is 2. The molecule has 0 saturated heterocycles. The lowest BCUT2D eigenvalue weighted by Crippen LogP contribution is -2.51. The van der Waals surface area contributed by atoms with E-state index in [2.05, 4.69) is 15.5 Å². The SMILES string of the molecule is COc1ccc(CNC2([N+](=O)[O-])C=CC(N=Nc3ccccc3)=C(CO)C2)cc1. The third kappa shape index (κ3) is 4.92. The zero-order valence-corrected chi connectivity index (χ0v) is 16.0. The normalized spacial score (nSPS) is 19.0. The summed E-state index contributed by atoms with van der Waals surface area (Å²) in [5.74, 6) is 0.717. The second-order valence-electron chi connectivity index (χ2n) is 6.58. The van der Waals surface area contributed by atoms with Gasteiger partial charge in [-0.05, 0) is 41.5 Å². The topological polar surface area (TPSA) is 109 Å². The minimum absolute atomic E-state index is 0.00764. The van der Waals surface area contributed by atoms with Crippen LogP contribution in [0.1, 0.15) is 12.0 Å². The van der Waals surface area contributed by atoms with Gasteiger partial charge < -0.3 is 9.84 Å². The highest BCUT2D eigenvalue weighted by Gasteiger charge is 2.43. The Balaban J connectivity index is 1.77. The Bertz CT molecular complexity index is 939. The fourth-order valence-corrected chi connectivity index (χ4v) is 2.97. The summed E-state index contributed by atoms with van der Waals surface area (Å²) >= 11 is 0. The van der Waals surface area contributed by atoms with Crippen LogP contribution >= 0.6 is 0 Å². The molecular formula is C21H22N4O4. The van der Waals surface area contributed by atoms with Gasteiger partial charge in [0.2, 0.25) is 0 Å². The highest BCUT2D eigenvalue weighted by molar-refractivity contribution is 5.37. The molecule has 0 heterocycles. The Morgan fingerprint density at radius 2 is 1.90 bits per heavy atom. The summed E-state index contributed by atoms with van der Waals surface area (Å²) in [5.41, 5.74) is 0.897. The lowest BCUT2D eigenvalue weighted by molar-refractivity contribution is -0.563. The second kappa shape index (κ2) is 9.22. The Morgan fingerprint density at radius 1 is 1.17 bits per heavy atom. The van der Waals surface area contributed by atoms with E-state index in [0.29, 0.717) is 22.7 Å². The fourth-order valence-electron chi connectivity index (χ4n) is 2.97. The van der Waals surface area contributed by atoms with Crippen LogP contribution < -0.4 is 10.1 Å². The molecule has 8 nitrogen and oxygen atoms in total. The molecule has 0 spiro atoms. The number of nitrogens with one attached hydrogen (secondary N) is 1. The molecule has 2 aromatic rings. The standard InChI is InChI=1S/C21H22N4O4/c1-29-19-9-7-16(8-10-19)14-22-21(25(27)28)12-11-20(17(13-21)15-26)24-23-18-5-3-2-4-6-18/h2-12,22,26H,13-15H2,1H3. The van der Waals surface area contributed by atoms with Crippen LogP contribution in [0.2, 0.25) is 0 Å². The van der Waals surface area contributed by atoms with Gasteiger partial charge in [0.25, 0.3) is 5.66 Å². The number of methoxy groups -OCH3 is 1. The maximum atomic E-state index is 11.9. The van der Waals surface area contributed by atoms with E-state index in [4.69, 9.17) is 4.74 Å². The Morgan fingerprint density at radius 3 is 2.52 bits per heavy atom. The molecule has 3 rings (SSSR count). The van der Waals surface area contributed by atoms with Crippen molar-refractivity contribution >= 4 is 5.69 Å². The van der Waals surface area contributed by atoms with E-state index in [1.54, 1.807) is 31.4 Å². The molecule has 0 radical (unpaired) electrons. The Kier molecular flexibility index (Phi) is 6.48. The predicted octanol–water partition coefficient (Wildman–Crippen LogP) is 3.75. The van der Waals surface area contributed by atoms with Gasteiger partial charge in [0, 0.05) is 17.5 Å². The zero-order valence-electron chi connectivity index (χ0n) is 16.0. The summed E-state index contributed by atoms with van der Waals surface area (Å²) in [5, 5.41) is 32.9. The van der Waals surface area contributed by atoms with Crippen LogP contribution in [-0.4, -0.2) is 29.4 Å². The van der Waals surface area contributed by atoms with Crippen molar-refractivity contribution in [2.45, 2.75) is 18.6 Å². The van der Waals surface area contributed by atoms with Crippen LogP contribution in [0.15, 0.2) is 88.2 Å². The molecule has 0 aliphatic heterocycles. The highest BCUT2D eigenvalue weighted by Crippen LogP contribution is 2.30. The van der Waals surface area contributed by atoms with E-state index in [1.165, 1.54) is 12.2 Å². The van der Waals surface area contributed by atoms with E-state index in [9.17, 15) is 15.2 Å². The molecule has 2 aromatic carbocycles. The van der Waals surface area contributed by atoms with Crippen molar-refractivity contribution in [3.63, 3.8) is 0 Å². The van der Waals surface area contributed by atoms with Crippen LogP contribution in [0.4, 0.5) is 5.69 Å². The first-order valence-corrected chi connectivity index (χ1v) is 9.08. The largest absolute Gasteiger partial charge is 0.497 e. The number of allylic oxidation sites excluding steroid dienone is 1. The summed E-state index contributed by atoms with van der Waals surface area (Å²) < 4.78 is 5.12. The molecule has 0 saturated carbocycles. The van der Waals surface area contributed by atoms with Crippen LogP contribution in [0, 0.1) is 10.1 Å². The van der Waals surface area contributed by atoms with Crippen LogP contribution in [-0.2, 0) is 6.54 Å². The van der Waals surface area contributed by atoms with E-state index in [1.807, 2.05) is 30.3 Å². The summed E-state index contributed by atoms with van der Waals surface area (Å²) in [6.45, 7) is -0.0534. The monoisotopic (exact) mass is 394 g/mol. The second-order valence-corrected chi connectivity index (χ2v) is 6.58. The van der Waals surface area contributed by atoms with Gasteiger partial charge in [-0.2, -0.15) is 10.2 Å². The molecule has 150 valence electrons. The number of aliphatic hydroxyl groups excluding tert-OH is 1. The Hall–Kier alpha value is -3.36. The van der Waals surface area contributed by atoms with Crippen molar-refractivity contribution < 1.29 is 14.8 Å². The Labute approximate surface area is 168 Å². The van der Waals surface area contributed by atoms with Crippen LogP contribution in [0.5, 0.6) is 5.75 Å². The van der Waals surface area contributed by atoms with Crippen molar-refractivity contribution in [1.82, 2.24) is 5.32 Å². The lowest BCUT2D eigenvalue weighted by atomic mass is 9.92. The summed E-state index contributed by atoms with van der Waals surface area (Å²) in [6, 6.07) is 16.4. The van der Waals surface area contributed by atoms with Gasteiger partial charge in [-0.1, -0.05) is 30.3 Å². The minimum Gasteiger partial charge on any atom is -0.497 e. The van der Waals surface area contributed by atoms with E-state index in [-0.39, 0.29) is 24.5 Å². The van der Waals surface area contributed by atoms with Gasteiger partial charge in [-0.3, -0.25) is 10.1 Å². The van der Waals surface area contributed by atoms with E-state index in [0.717, 1.165) is 5.56 Å². The van der Waals surface area contributed by atoms with Gasteiger partial charge in [0.05, 0.1) is 31.5 Å². The van der Waals surface area contributed by atoms with Gasteiger partial charge in [-0.15, -0.1) is 0 Å². The first-order valence-electron chi connectivity index (χ1n) is 9.08. The third-order valence-electron chi connectivity index (χ3n) is 4.67. The molecule has 0 amide bonds. The number of nitro groups is 1. The van der Waals surface area contributed by atoms with Crippen molar-refractivity contribution in [1.29, 1.82) is 0 Å². The fraction of sp³-hybridized carbons (Fsp3) is 0.238. The molecule has 1 atom stereocenters. The molecule has 29 heavy (non-hydrogen) atoms. The number of hydrogen-bond acceptors (Lipinski definition) is 7. The molecule has 1 aliphatic rings. The van der Waals surface area contributed by atoms with Gasteiger partial charge in [-0.25, -0.2) is 5.32 Å². The molecule has 0 bridgehead atoms.